The van der Waals surface area contributed by atoms with Gasteiger partial charge in [-0.15, -0.1) is 0 Å². The zero-order valence-corrected chi connectivity index (χ0v) is 16.3. The summed E-state index contributed by atoms with van der Waals surface area (Å²) in [5.41, 5.74) is -0.0482. The number of thioether (sulfide) groups is 1. The van der Waals surface area contributed by atoms with Gasteiger partial charge in [-0.1, -0.05) is 23.9 Å². The van der Waals surface area contributed by atoms with E-state index in [1.807, 2.05) is 13.8 Å². The van der Waals surface area contributed by atoms with Gasteiger partial charge in [0.2, 0.25) is 0 Å². The fourth-order valence-electron chi connectivity index (χ4n) is 2.86. The number of imidazole rings is 1. The Morgan fingerprint density at radius 2 is 1.97 bits per heavy atom. The third-order valence-corrected chi connectivity index (χ3v) is 5.16. The number of hydrogen-bond donors (Lipinski definition) is 0. The van der Waals surface area contributed by atoms with Crippen LogP contribution in [0.2, 0.25) is 0 Å². The Hall–Kier alpha value is -2.88. The lowest BCUT2D eigenvalue weighted by Crippen LogP contribution is -2.07. The van der Waals surface area contributed by atoms with Crippen LogP contribution in [0.25, 0.3) is 11.0 Å². The van der Waals surface area contributed by atoms with Crippen LogP contribution in [0.5, 0.6) is 0 Å². The Bertz CT molecular complexity index is 1090. The molecule has 3 rings (SSSR count). The van der Waals surface area contributed by atoms with Crippen molar-refractivity contribution in [2.45, 2.75) is 31.2 Å². The van der Waals surface area contributed by atoms with Gasteiger partial charge in [-0.2, -0.15) is 13.2 Å². The summed E-state index contributed by atoms with van der Waals surface area (Å²) in [6.45, 7) is 3.73. The lowest BCUT2D eigenvalue weighted by molar-refractivity contribution is -0.384. The van der Waals surface area contributed by atoms with Gasteiger partial charge in [-0.3, -0.25) is 14.9 Å². The first-order valence-electron chi connectivity index (χ1n) is 8.57. The Kier molecular flexibility index (Phi) is 5.65. The highest BCUT2D eigenvalue weighted by atomic mass is 32.2. The zero-order valence-electron chi connectivity index (χ0n) is 15.4. The summed E-state index contributed by atoms with van der Waals surface area (Å²) in [5, 5.41) is 11.3. The molecule has 0 amide bonds. The molecule has 10 heteroatoms. The van der Waals surface area contributed by atoms with E-state index in [2.05, 4.69) is 4.98 Å². The monoisotopic (exact) mass is 423 g/mol. The molecule has 0 saturated heterocycles. The predicted octanol–water partition coefficient (Wildman–Crippen LogP) is 5.52. The van der Waals surface area contributed by atoms with E-state index in [0.29, 0.717) is 10.7 Å². The number of hydrogen-bond acceptors (Lipinski definition) is 5. The molecule has 29 heavy (non-hydrogen) atoms. The van der Waals surface area contributed by atoms with E-state index in [1.54, 1.807) is 4.57 Å². The van der Waals surface area contributed by atoms with Gasteiger partial charge in [-0.05, 0) is 32.0 Å². The van der Waals surface area contributed by atoms with E-state index in [4.69, 9.17) is 0 Å². The predicted molar refractivity (Wildman–Crippen MR) is 103 cm³/mol. The highest BCUT2D eigenvalue weighted by Crippen LogP contribution is 2.34. The van der Waals surface area contributed by atoms with Crippen molar-refractivity contribution in [3.8, 4) is 0 Å². The Balaban J connectivity index is 1.89. The van der Waals surface area contributed by atoms with Crippen LogP contribution in [0.15, 0.2) is 47.6 Å². The third kappa shape index (κ3) is 4.42. The molecule has 1 heterocycles. The summed E-state index contributed by atoms with van der Waals surface area (Å²) in [5.74, 6) is -0.388. The zero-order chi connectivity index (χ0) is 21.3. The summed E-state index contributed by atoms with van der Waals surface area (Å²) >= 11 is 1.08. The average molecular weight is 423 g/mol. The highest BCUT2D eigenvalue weighted by molar-refractivity contribution is 7.99. The number of nitro groups is 1. The Morgan fingerprint density at radius 3 is 2.59 bits per heavy atom. The van der Waals surface area contributed by atoms with Crippen molar-refractivity contribution in [2.75, 3.05) is 5.75 Å². The molecular formula is C19H16F3N3O3S. The number of Topliss-reactive ketones (excluding diaryl/α,β-unsaturated/α-hetero) is 1. The normalized spacial score (nSPS) is 11.9. The number of nitrogens with zero attached hydrogens (tertiary/aromatic N) is 3. The van der Waals surface area contributed by atoms with Crippen molar-refractivity contribution in [3.05, 3.63) is 63.7 Å². The number of aromatic nitrogens is 2. The van der Waals surface area contributed by atoms with Gasteiger partial charge in [0.05, 0.1) is 27.3 Å². The Labute approximate surface area is 167 Å². The molecule has 152 valence electrons. The molecule has 6 nitrogen and oxygen atoms in total. The minimum Gasteiger partial charge on any atom is -0.316 e. The lowest BCUT2D eigenvalue weighted by atomic mass is 10.1. The molecule has 0 aliphatic heterocycles. The van der Waals surface area contributed by atoms with Crippen LogP contribution in [-0.4, -0.2) is 26.0 Å². The minimum absolute atomic E-state index is 0.0522. The molecule has 1 aromatic heterocycles. The molecule has 0 spiro atoms. The van der Waals surface area contributed by atoms with E-state index in [9.17, 15) is 28.1 Å². The molecule has 2 aromatic carbocycles. The van der Waals surface area contributed by atoms with Crippen LogP contribution in [0.1, 0.15) is 35.8 Å². The van der Waals surface area contributed by atoms with Gasteiger partial charge < -0.3 is 4.57 Å². The molecular weight excluding hydrogens is 407 g/mol. The van der Waals surface area contributed by atoms with Gasteiger partial charge in [0.25, 0.3) is 5.69 Å². The number of non-ortho nitro benzene ring substituents is 1. The smallest absolute Gasteiger partial charge is 0.316 e. The number of carbonyl (C=O) groups is 1. The van der Waals surface area contributed by atoms with Crippen LogP contribution in [-0.2, 0) is 6.18 Å². The fraction of sp³-hybridized carbons (Fsp3) is 0.263. The van der Waals surface area contributed by atoms with E-state index in [0.717, 1.165) is 23.9 Å². The summed E-state index contributed by atoms with van der Waals surface area (Å²) in [6, 6.07) is 8.68. The van der Waals surface area contributed by atoms with Gasteiger partial charge >= 0.3 is 6.18 Å². The van der Waals surface area contributed by atoms with Crippen LogP contribution < -0.4 is 0 Å². The van der Waals surface area contributed by atoms with E-state index >= 15 is 0 Å². The second kappa shape index (κ2) is 7.86. The first-order chi connectivity index (χ1) is 13.6. The molecule has 0 aliphatic rings. The quantitative estimate of drug-likeness (QED) is 0.226. The second-order valence-electron chi connectivity index (χ2n) is 6.58. The Morgan fingerprint density at radius 1 is 1.24 bits per heavy atom. The van der Waals surface area contributed by atoms with Crippen molar-refractivity contribution >= 4 is 34.3 Å². The van der Waals surface area contributed by atoms with Crippen molar-refractivity contribution in [2.24, 2.45) is 0 Å². The van der Waals surface area contributed by atoms with Gasteiger partial charge in [0, 0.05) is 23.7 Å². The van der Waals surface area contributed by atoms with Crippen LogP contribution in [0.3, 0.4) is 0 Å². The summed E-state index contributed by atoms with van der Waals surface area (Å²) in [4.78, 5) is 27.0. The highest BCUT2D eigenvalue weighted by Gasteiger charge is 2.31. The number of alkyl halides is 3. The van der Waals surface area contributed by atoms with Crippen LogP contribution in [0.4, 0.5) is 18.9 Å². The molecule has 0 saturated carbocycles. The molecule has 0 aliphatic carbocycles. The van der Waals surface area contributed by atoms with Gasteiger partial charge in [0.15, 0.2) is 10.9 Å². The number of fused-ring (bicyclic) bond motifs is 1. The standard InChI is InChI=1S/C19H16F3N3O3S/c1-11(2)24-16-7-6-13(19(20,21)22)9-15(16)23-18(24)29-10-17(26)12-4-3-5-14(8-12)25(27)28/h3-9,11H,10H2,1-2H3. The van der Waals surface area contributed by atoms with Gasteiger partial charge in [-0.25, -0.2) is 4.98 Å². The van der Waals surface area contributed by atoms with E-state index in [-0.39, 0.29) is 34.3 Å². The number of ketones is 1. The number of nitro benzene ring substituents is 1. The van der Waals surface area contributed by atoms with Crippen molar-refractivity contribution in [1.82, 2.24) is 9.55 Å². The number of benzene rings is 2. The molecule has 0 radical (unpaired) electrons. The first kappa shape index (κ1) is 20.8. The summed E-state index contributed by atoms with van der Waals surface area (Å²) in [7, 11) is 0. The average Bonchev–Trinajstić information content (AvgIpc) is 3.03. The van der Waals surface area contributed by atoms with Crippen LogP contribution in [0, 0.1) is 10.1 Å². The number of rotatable bonds is 6. The number of halogens is 3. The SMILES string of the molecule is CC(C)n1c(SCC(=O)c2cccc([N+](=O)[O-])c2)nc2cc(C(F)(F)F)ccc21. The third-order valence-electron chi connectivity index (χ3n) is 4.21. The fourth-order valence-corrected chi connectivity index (χ4v) is 3.90. The molecule has 0 atom stereocenters. The van der Waals surface area contributed by atoms with Crippen molar-refractivity contribution in [3.63, 3.8) is 0 Å². The van der Waals surface area contributed by atoms with Crippen molar-refractivity contribution in [1.29, 1.82) is 0 Å². The maximum absolute atomic E-state index is 13.0. The first-order valence-corrected chi connectivity index (χ1v) is 9.56. The molecule has 0 bridgehead atoms. The molecule has 0 unspecified atom stereocenters. The second-order valence-corrected chi connectivity index (χ2v) is 7.52. The molecule has 3 aromatic rings. The van der Waals surface area contributed by atoms with E-state index < -0.39 is 16.7 Å². The van der Waals surface area contributed by atoms with E-state index in [1.165, 1.54) is 30.3 Å². The summed E-state index contributed by atoms with van der Waals surface area (Å²) in [6.07, 6.45) is -4.47. The molecule has 0 fully saturated rings. The maximum atomic E-state index is 13.0. The largest absolute Gasteiger partial charge is 0.416 e. The lowest BCUT2D eigenvalue weighted by Gasteiger charge is -2.13. The van der Waals surface area contributed by atoms with Crippen molar-refractivity contribution < 1.29 is 22.9 Å². The topological polar surface area (TPSA) is 78.0 Å². The van der Waals surface area contributed by atoms with Gasteiger partial charge in [0.1, 0.15) is 0 Å². The molecule has 0 N–H and O–H groups in total. The van der Waals surface area contributed by atoms with Crippen LogP contribution >= 0.6 is 11.8 Å². The number of carbonyl (C=O) groups excluding carboxylic acids is 1. The summed E-state index contributed by atoms with van der Waals surface area (Å²) < 4.78 is 40.7. The minimum atomic E-state index is -4.47. The maximum Gasteiger partial charge on any atom is 0.416 e.